The van der Waals surface area contributed by atoms with Crippen molar-refractivity contribution in [3.05, 3.63) is 72.0 Å². The van der Waals surface area contributed by atoms with E-state index in [1.54, 1.807) is 57.2 Å². The first-order valence-corrected chi connectivity index (χ1v) is 16.2. The number of ether oxygens (including phenoxy) is 3. The summed E-state index contributed by atoms with van der Waals surface area (Å²) in [6.07, 6.45) is 1.63. The summed E-state index contributed by atoms with van der Waals surface area (Å²) in [7, 11) is 0. The Morgan fingerprint density at radius 2 is 1.90 bits per heavy atom. The Balaban J connectivity index is 1.23. The number of pyridine rings is 1. The highest BCUT2D eigenvalue weighted by molar-refractivity contribution is 6.03. The second-order valence-electron chi connectivity index (χ2n) is 12.6. The van der Waals surface area contributed by atoms with Crippen molar-refractivity contribution in [1.82, 2.24) is 25.1 Å². The van der Waals surface area contributed by atoms with E-state index in [1.807, 2.05) is 0 Å². The van der Waals surface area contributed by atoms with Crippen LogP contribution in [0.3, 0.4) is 0 Å². The molecule has 1 aromatic carbocycles. The smallest absolute Gasteiger partial charge is 0.416 e. The number of oxazole rings is 1. The Kier molecular flexibility index (Phi) is 11.9. The lowest BCUT2D eigenvalue weighted by Crippen LogP contribution is -2.38. The third kappa shape index (κ3) is 10.5. The van der Waals surface area contributed by atoms with Crippen molar-refractivity contribution in [2.24, 2.45) is 5.92 Å². The second-order valence-corrected chi connectivity index (χ2v) is 12.6. The number of aliphatic hydroxyl groups excluding tert-OH is 1. The van der Waals surface area contributed by atoms with Crippen LogP contribution in [0.5, 0.6) is 0 Å². The predicted molar refractivity (Wildman–Crippen MR) is 179 cm³/mol. The van der Waals surface area contributed by atoms with E-state index in [4.69, 9.17) is 23.7 Å². The Morgan fingerprint density at radius 1 is 1.14 bits per heavy atom. The number of alkyl halides is 2. The molecule has 0 saturated heterocycles. The number of halogens is 2. The lowest BCUT2D eigenvalue weighted by Gasteiger charge is -2.27. The topological polar surface area (TPSA) is 183 Å². The van der Waals surface area contributed by atoms with Gasteiger partial charge in [-0.15, -0.1) is 0 Å². The van der Waals surface area contributed by atoms with Gasteiger partial charge in [-0.25, -0.2) is 33.0 Å². The molecule has 1 saturated carbocycles. The van der Waals surface area contributed by atoms with Crippen LogP contribution >= 0.6 is 0 Å². The summed E-state index contributed by atoms with van der Waals surface area (Å²) in [4.78, 5) is 48.0. The summed E-state index contributed by atoms with van der Waals surface area (Å²) >= 11 is 0. The van der Waals surface area contributed by atoms with Crippen molar-refractivity contribution in [1.29, 1.82) is 0 Å². The quantitative estimate of drug-likeness (QED) is 0.132. The molecule has 17 heteroatoms. The van der Waals surface area contributed by atoms with Gasteiger partial charge in [0.2, 0.25) is 5.89 Å². The number of hydrogen-bond donors (Lipinski definition) is 3. The fourth-order valence-electron chi connectivity index (χ4n) is 4.65. The van der Waals surface area contributed by atoms with E-state index in [2.05, 4.69) is 25.7 Å². The predicted octanol–water partition coefficient (Wildman–Crippen LogP) is 5.50. The van der Waals surface area contributed by atoms with Gasteiger partial charge >= 0.3 is 12.2 Å². The van der Waals surface area contributed by atoms with E-state index >= 15 is 0 Å². The van der Waals surface area contributed by atoms with Crippen LogP contribution in [0.4, 0.5) is 29.9 Å². The molecule has 3 amide bonds. The minimum Gasteiger partial charge on any atom is -0.445 e. The van der Waals surface area contributed by atoms with Crippen LogP contribution in [0.1, 0.15) is 61.8 Å². The number of hydrogen-bond acceptors (Lipinski definition) is 11. The molecule has 272 valence electrons. The van der Waals surface area contributed by atoms with Gasteiger partial charge in [0.1, 0.15) is 24.3 Å². The van der Waals surface area contributed by atoms with Gasteiger partial charge in [0.25, 0.3) is 12.3 Å². The third-order valence-corrected chi connectivity index (χ3v) is 7.28. The van der Waals surface area contributed by atoms with Crippen LogP contribution in [0, 0.1) is 5.92 Å². The molecule has 0 radical (unpaired) electrons. The molecule has 1 aliphatic rings. The van der Waals surface area contributed by atoms with Gasteiger partial charge in [0.15, 0.2) is 11.4 Å². The Bertz CT molecular complexity index is 1800. The zero-order valence-corrected chi connectivity index (χ0v) is 28.3. The number of anilines is 2. The molecule has 51 heavy (non-hydrogen) atoms. The van der Waals surface area contributed by atoms with Crippen LogP contribution in [0.25, 0.3) is 17.1 Å². The zero-order chi connectivity index (χ0) is 36.5. The SMILES string of the molecule is CC(C)(C)OC(=O)N(CC1CC1)c1cc(-c2nc(C(=O)Nc3cn(-c4ccc(COC(=O)NCCOCCO)cc4)nc3C(F)F)co2)ccn1. The molecule has 0 aliphatic heterocycles. The molecule has 0 atom stereocenters. The van der Waals surface area contributed by atoms with Gasteiger partial charge in [-0.3, -0.25) is 9.69 Å². The summed E-state index contributed by atoms with van der Waals surface area (Å²) in [5.41, 5.74) is -0.301. The summed E-state index contributed by atoms with van der Waals surface area (Å²) in [5, 5.41) is 17.6. The van der Waals surface area contributed by atoms with Crippen molar-refractivity contribution in [2.45, 2.75) is 52.2 Å². The number of carbonyl (C=O) groups excluding carboxylic acids is 3. The monoisotopic (exact) mass is 711 g/mol. The van der Waals surface area contributed by atoms with E-state index in [0.29, 0.717) is 35.1 Å². The highest BCUT2D eigenvalue weighted by Gasteiger charge is 2.31. The van der Waals surface area contributed by atoms with Crippen LogP contribution < -0.4 is 15.5 Å². The molecule has 5 rings (SSSR count). The normalized spacial score (nSPS) is 12.8. The van der Waals surface area contributed by atoms with Crippen LogP contribution in [-0.2, 0) is 20.8 Å². The standard InChI is InChI=1S/C34H39F2N7O8/c1-34(2,3)51-33(47)42(17-21-4-5-21)27-16-23(10-11-37-27)31-40-26(20-49-31)30(45)39-25-18-43(41-28(25)29(35)36)24-8-6-22(7-9-24)19-50-32(46)38-12-14-48-15-13-44/h6-11,16,18,20-21,29,44H,4-5,12-15,17,19H2,1-3H3,(H,38,46)(H,39,45). The Hall–Kier alpha value is -5.42. The number of alkyl carbamates (subject to hydrolysis) is 1. The molecule has 1 fully saturated rings. The number of amides is 3. The maximum Gasteiger partial charge on any atom is 0.416 e. The third-order valence-electron chi connectivity index (χ3n) is 7.28. The first-order chi connectivity index (χ1) is 24.4. The van der Waals surface area contributed by atoms with Gasteiger partial charge in [-0.2, -0.15) is 5.10 Å². The van der Waals surface area contributed by atoms with Crippen molar-refractivity contribution >= 4 is 29.6 Å². The molecule has 3 heterocycles. The minimum absolute atomic E-state index is 0.0464. The summed E-state index contributed by atoms with van der Waals surface area (Å²) in [6, 6.07) is 9.65. The summed E-state index contributed by atoms with van der Waals surface area (Å²) in [6.45, 7) is 6.21. The molecule has 4 aromatic rings. The molecular formula is C34H39F2N7O8. The van der Waals surface area contributed by atoms with Crippen molar-refractivity contribution in [3.8, 4) is 17.1 Å². The molecule has 0 bridgehead atoms. The van der Waals surface area contributed by atoms with Gasteiger partial charge in [0.05, 0.1) is 37.4 Å². The average molecular weight is 712 g/mol. The first-order valence-electron chi connectivity index (χ1n) is 16.2. The van der Waals surface area contributed by atoms with Crippen LogP contribution in [-0.4, -0.2) is 81.5 Å². The van der Waals surface area contributed by atoms with Gasteiger partial charge in [-0.05, 0) is 69.4 Å². The maximum absolute atomic E-state index is 14.0. The van der Waals surface area contributed by atoms with Crippen molar-refractivity contribution in [2.75, 3.05) is 43.1 Å². The number of nitrogens with one attached hydrogen (secondary N) is 2. The van der Waals surface area contributed by atoms with Crippen molar-refractivity contribution in [3.63, 3.8) is 0 Å². The van der Waals surface area contributed by atoms with E-state index in [0.717, 1.165) is 19.1 Å². The van der Waals surface area contributed by atoms with E-state index < -0.39 is 35.8 Å². The summed E-state index contributed by atoms with van der Waals surface area (Å²) < 4.78 is 50.5. The molecular weight excluding hydrogens is 672 g/mol. The van der Waals surface area contributed by atoms with E-state index in [1.165, 1.54) is 22.0 Å². The molecule has 3 N–H and O–H groups in total. The van der Waals surface area contributed by atoms with E-state index in [-0.39, 0.29) is 50.2 Å². The average Bonchev–Trinajstić information content (AvgIpc) is 3.59. The number of benzene rings is 1. The van der Waals surface area contributed by atoms with Gasteiger partial charge < -0.3 is 34.4 Å². The Morgan fingerprint density at radius 3 is 2.59 bits per heavy atom. The second kappa shape index (κ2) is 16.5. The molecule has 0 spiro atoms. The lowest BCUT2D eigenvalue weighted by atomic mass is 10.2. The van der Waals surface area contributed by atoms with Gasteiger partial charge in [0, 0.05) is 24.8 Å². The largest absolute Gasteiger partial charge is 0.445 e. The molecule has 3 aromatic heterocycles. The van der Waals surface area contributed by atoms with Crippen LogP contribution in [0.15, 0.2) is 59.5 Å². The number of aliphatic hydroxyl groups is 1. The highest BCUT2D eigenvalue weighted by atomic mass is 19.3. The number of rotatable bonds is 15. The number of nitrogens with zero attached hydrogens (tertiary/aromatic N) is 5. The first kappa shape index (κ1) is 36.9. The number of aromatic nitrogens is 4. The molecule has 1 aliphatic carbocycles. The van der Waals surface area contributed by atoms with E-state index in [9.17, 15) is 23.2 Å². The fraction of sp³-hybridized carbons (Fsp3) is 0.412. The van der Waals surface area contributed by atoms with Gasteiger partial charge in [-0.1, -0.05) is 12.1 Å². The number of carbonyl (C=O) groups is 3. The van der Waals surface area contributed by atoms with Crippen LogP contribution in [0.2, 0.25) is 0 Å². The lowest BCUT2D eigenvalue weighted by molar-refractivity contribution is 0.0577. The maximum atomic E-state index is 14.0. The molecule has 15 nitrogen and oxygen atoms in total. The fourth-order valence-corrected chi connectivity index (χ4v) is 4.65. The minimum atomic E-state index is -3.01. The molecule has 0 unspecified atom stereocenters. The Labute approximate surface area is 291 Å². The zero-order valence-electron chi connectivity index (χ0n) is 28.3. The summed E-state index contributed by atoms with van der Waals surface area (Å²) in [5.74, 6) is -0.0835. The van der Waals surface area contributed by atoms with Crippen molar-refractivity contribution < 1.29 is 46.9 Å². The highest BCUT2D eigenvalue weighted by Crippen LogP contribution is 2.33.